The minimum absolute atomic E-state index is 0.0776. The van der Waals surface area contributed by atoms with Gasteiger partial charge in [0.25, 0.3) is 5.89 Å². The molecule has 1 N–H and O–H groups in total. The number of rotatable bonds is 5. The molecular weight excluding hydrogens is 502 g/mol. The van der Waals surface area contributed by atoms with Gasteiger partial charge in [-0.1, -0.05) is 6.07 Å². The molecule has 2 unspecified atom stereocenters. The zero-order valence-corrected chi connectivity index (χ0v) is 20.1. The molecule has 2 heterocycles. The summed E-state index contributed by atoms with van der Waals surface area (Å²) in [6.07, 6.45) is -2.96. The van der Waals surface area contributed by atoms with Crippen LogP contribution in [0.2, 0.25) is 0 Å². The maximum Gasteiger partial charge on any atom is 0.324 e. The number of nitrogens with one attached hydrogen (secondary N) is 1. The van der Waals surface area contributed by atoms with E-state index in [9.17, 15) is 22.2 Å². The van der Waals surface area contributed by atoms with Crippen molar-refractivity contribution in [2.75, 3.05) is 18.0 Å². The van der Waals surface area contributed by atoms with Crippen molar-refractivity contribution in [3.8, 4) is 11.5 Å². The molecule has 0 saturated carbocycles. The van der Waals surface area contributed by atoms with E-state index in [4.69, 9.17) is 9.20 Å². The van der Waals surface area contributed by atoms with Crippen LogP contribution in [0.5, 0.6) is 0 Å². The Kier molecular flexibility index (Phi) is 7.03. The number of hydrogen-bond acceptors (Lipinski definition) is 6. The average Bonchev–Trinajstić information content (AvgIpc) is 3.33. The number of hydrogen-bond donors (Lipinski definition) is 1. The third-order valence-electron chi connectivity index (χ3n) is 6.05. The number of aromatic nitrogens is 2. The van der Waals surface area contributed by atoms with Crippen LogP contribution in [-0.4, -0.2) is 48.9 Å². The Balaban J connectivity index is 1.63. The number of amides is 2. The van der Waals surface area contributed by atoms with Crippen molar-refractivity contribution in [3.63, 3.8) is 0 Å². The van der Waals surface area contributed by atoms with Gasteiger partial charge in [0, 0.05) is 29.9 Å². The van der Waals surface area contributed by atoms with Gasteiger partial charge in [0.15, 0.2) is 0 Å². The zero-order valence-electron chi connectivity index (χ0n) is 19.3. The minimum Gasteiger partial charge on any atom is -0.415 e. The molecule has 2 amide bonds. The molecule has 36 heavy (non-hydrogen) atoms. The average molecular weight is 526 g/mol. The smallest absolute Gasteiger partial charge is 0.324 e. The van der Waals surface area contributed by atoms with Crippen molar-refractivity contribution in [1.29, 1.82) is 4.78 Å². The molecule has 2 atom stereocenters. The fourth-order valence-corrected chi connectivity index (χ4v) is 5.54. The predicted molar refractivity (Wildman–Crippen MR) is 124 cm³/mol. The second-order valence-corrected chi connectivity index (χ2v) is 11.5. The number of urea groups is 1. The quantitative estimate of drug-likeness (QED) is 0.460. The molecule has 2 aromatic carbocycles. The van der Waals surface area contributed by atoms with Crippen molar-refractivity contribution >= 4 is 21.4 Å². The van der Waals surface area contributed by atoms with E-state index >= 15 is 4.39 Å². The first-order valence-electron chi connectivity index (χ1n) is 11.0. The van der Waals surface area contributed by atoms with E-state index in [0.29, 0.717) is 5.69 Å². The third kappa shape index (κ3) is 5.06. The highest BCUT2D eigenvalue weighted by molar-refractivity contribution is 7.93. The Morgan fingerprint density at radius 3 is 2.33 bits per heavy atom. The molecule has 192 valence electrons. The van der Waals surface area contributed by atoms with Crippen LogP contribution in [0.3, 0.4) is 0 Å². The fourth-order valence-electron chi connectivity index (χ4n) is 3.95. The SMILES string of the molecule is CC1CN(C(=O)N(Cc2ccc(-c3nnc(C(F)F)o3)cc2F)c2ccc(F)cc2)CC(C)S1(=N)=O. The topological polar surface area (TPSA) is 103 Å². The molecule has 13 heteroatoms. The summed E-state index contributed by atoms with van der Waals surface area (Å²) in [7, 11) is -2.89. The van der Waals surface area contributed by atoms with Gasteiger partial charge >= 0.3 is 12.5 Å². The molecule has 1 fully saturated rings. The first-order valence-corrected chi connectivity index (χ1v) is 12.6. The van der Waals surface area contributed by atoms with Crippen LogP contribution in [0.4, 0.5) is 28.0 Å². The second kappa shape index (κ2) is 9.88. The number of carbonyl (C=O) groups excluding carboxylic acids is 1. The van der Waals surface area contributed by atoms with Crippen molar-refractivity contribution < 1.29 is 31.0 Å². The third-order valence-corrected chi connectivity index (χ3v) is 8.74. The first-order chi connectivity index (χ1) is 17.0. The van der Waals surface area contributed by atoms with Gasteiger partial charge < -0.3 is 9.32 Å². The van der Waals surface area contributed by atoms with Crippen LogP contribution < -0.4 is 4.90 Å². The van der Waals surface area contributed by atoms with Crippen LogP contribution in [-0.2, 0) is 16.3 Å². The molecule has 4 rings (SSSR count). The van der Waals surface area contributed by atoms with Gasteiger partial charge in [0.2, 0.25) is 5.89 Å². The van der Waals surface area contributed by atoms with E-state index in [1.807, 2.05) is 0 Å². The van der Waals surface area contributed by atoms with Gasteiger partial charge in [-0.2, -0.15) is 8.78 Å². The minimum atomic E-state index is -2.96. The summed E-state index contributed by atoms with van der Waals surface area (Å²) in [5.74, 6) is -2.43. The monoisotopic (exact) mass is 525 g/mol. The van der Waals surface area contributed by atoms with E-state index < -0.39 is 50.2 Å². The van der Waals surface area contributed by atoms with Crippen molar-refractivity contribution in [2.45, 2.75) is 37.3 Å². The zero-order chi connectivity index (χ0) is 26.2. The lowest BCUT2D eigenvalue weighted by Crippen LogP contribution is -2.55. The lowest BCUT2D eigenvalue weighted by Gasteiger charge is -2.39. The molecule has 1 aliphatic heterocycles. The Morgan fingerprint density at radius 1 is 1.14 bits per heavy atom. The molecule has 0 bridgehead atoms. The van der Waals surface area contributed by atoms with E-state index in [2.05, 4.69) is 10.2 Å². The summed E-state index contributed by atoms with van der Waals surface area (Å²) in [5.41, 5.74) is 0.479. The van der Waals surface area contributed by atoms with Crippen molar-refractivity contribution in [2.24, 2.45) is 0 Å². The summed E-state index contributed by atoms with van der Waals surface area (Å²) in [6, 6.07) is 8.38. The Bertz CT molecular complexity index is 1350. The Labute approximate surface area is 204 Å². The van der Waals surface area contributed by atoms with E-state index in [1.54, 1.807) is 13.8 Å². The number of nitrogens with zero attached hydrogens (tertiary/aromatic N) is 4. The van der Waals surface area contributed by atoms with Crippen LogP contribution in [0.25, 0.3) is 11.5 Å². The van der Waals surface area contributed by atoms with Crippen LogP contribution in [0, 0.1) is 16.4 Å². The maximum absolute atomic E-state index is 15.1. The van der Waals surface area contributed by atoms with Crippen molar-refractivity contribution in [1.82, 2.24) is 15.1 Å². The number of alkyl halides is 2. The summed E-state index contributed by atoms with van der Waals surface area (Å²) in [4.78, 5) is 16.2. The van der Waals surface area contributed by atoms with Gasteiger partial charge in [-0.05, 0) is 50.2 Å². The van der Waals surface area contributed by atoms with Crippen LogP contribution >= 0.6 is 0 Å². The fraction of sp³-hybridized carbons (Fsp3) is 0.348. The molecule has 8 nitrogen and oxygen atoms in total. The highest BCUT2D eigenvalue weighted by atomic mass is 32.2. The summed E-state index contributed by atoms with van der Waals surface area (Å²) in [5, 5.41) is 5.59. The van der Waals surface area contributed by atoms with E-state index in [-0.39, 0.29) is 36.7 Å². The highest BCUT2D eigenvalue weighted by Gasteiger charge is 2.37. The first kappa shape index (κ1) is 25.6. The number of benzene rings is 2. The second-order valence-electron chi connectivity index (χ2n) is 8.57. The molecule has 1 aromatic heterocycles. The molecule has 1 aliphatic rings. The molecule has 0 radical (unpaired) electrons. The van der Waals surface area contributed by atoms with Gasteiger partial charge in [-0.25, -0.2) is 17.8 Å². The van der Waals surface area contributed by atoms with Crippen molar-refractivity contribution in [3.05, 3.63) is 65.6 Å². The van der Waals surface area contributed by atoms with E-state index in [1.165, 1.54) is 46.2 Å². The standard InChI is InChI=1S/C23H23F4N5O3S/c1-13-10-31(11-14(2)36(13,28)34)23(33)32(18-7-5-17(24)6-8-18)12-16-4-3-15(9-19(16)25)21-29-30-22(35-21)20(26)27/h3-9,13-14,20,28H,10-12H2,1-2H3. The Hall–Kier alpha value is -3.48. The largest absolute Gasteiger partial charge is 0.415 e. The molecule has 0 spiro atoms. The lowest BCUT2D eigenvalue weighted by atomic mass is 10.1. The number of halogens is 4. The maximum atomic E-state index is 15.1. The van der Waals surface area contributed by atoms with Gasteiger partial charge in [-0.3, -0.25) is 9.68 Å². The van der Waals surface area contributed by atoms with Gasteiger partial charge in [0.05, 0.1) is 26.8 Å². The van der Waals surface area contributed by atoms with Crippen LogP contribution in [0.15, 0.2) is 46.9 Å². The predicted octanol–water partition coefficient (Wildman–Crippen LogP) is 5.22. The highest BCUT2D eigenvalue weighted by Crippen LogP contribution is 2.28. The van der Waals surface area contributed by atoms with Gasteiger partial charge in [-0.15, -0.1) is 10.2 Å². The summed E-state index contributed by atoms with van der Waals surface area (Å²) in [6.45, 7) is 3.20. The number of anilines is 1. The summed E-state index contributed by atoms with van der Waals surface area (Å²) >= 11 is 0. The Morgan fingerprint density at radius 2 is 1.78 bits per heavy atom. The lowest BCUT2D eigenvalue weighted by molar-refractivity contribution is 0.116. The molecule has 0 aliphatic carbocycles. The van der Waals surface area contributed by atoms with Crippen LogP contribution in [0.1, 0.15) is 31.7 Å². The normalized spacial score (nSPS) is 22.1. The summed E-state index contributed by atoms with van der Waals surface area (Å²) < 4.78 is 79.6. The van der Waals surface area contributed by atoms with Gasteiger partial charge in [0.1, 0.15) is 11.6 Å². The van der Waals surface area contributed by atoms with E-state index in [0.717, 1.165) is 6.07 Å². The number of carbonyl (C=O) groups is 1. The molecule has 1 saturated heterocycles. The molecular formula is C23H23F4N5O3S. The molecule has 3 aromatic rings.